The van der Waals surface area contributed by atoms with Crippen LogP contribution in [0.25, 0.3) is 6.08 Å². The first kappa shape index (κ1) is 20.6. The zero-order chi connectivity index (χ0) is 22.3. The summed E-state index contributed by atoms with van der Waals surface area (Å²) >= 11 is 0. The van der Waals surface area contributed by atoms with Gasteiger partial charge in [-0.25, -0.2) is 10.2 Å². The summed E-state index contributed by atoms with van der Waals surface area (Å²) in [6, 6.07) is 13.3. The van der Waals surface area contributed by atoms with Crippen LogP contribution in [0.5, 0.6) is 17.2 Å². The van der Waals surface area contributed by atoms with Gasteiger partial charge in [-0.2, -0.15) is 5.10 Å². The maximum absolute atomic E-state index is 12.3. The maximum atomic E-state index is 12.3. The number of nitrogens with two attached hydrogens (primary N) is 1. The predicted molar refractivity (Wildman–Crippen MR) is 117 cm³/mol. The van der Waals surface area contributed by atoms with E-state index < -0.39 is 5.97 Å². The number of pyridine rings is 1. The molecule has 1 aliphatic rings. The van der Waals surface area contributed by atoms with Crippen LogP contribution in [-0.4, -0.2) is 29.9 Å². The molecule has 9 nitrogen and oxygen atoms in total. The molecule has 0 saturated heterocycles. The summed E-state index contributed by atoms with van der Waals surface area (Å²) in [5.74, 6) is 0.405. The van der Waals surface area contributed by atoms with Gasteiger partial charge in [-0.05, 0) is 36.4 Å². The minimum absolute atomic E-state index is 0.130. The van der Waals surface area contributed by atoms with Gasteiger partial charge in [-0.3, -0.25) is 9.78 Å². The van der Waals surface area contributed by atoms with E-state index >= 15 is 0 Å². The summed E-state index contributed by atoms with van der Waals surface area (Å²) in [5, 5.41) is 3.93. The Morgan fingerprint density at radius 2 is 1.81 bits per heavy atom. The van der Waals surface area contributed by atoms with Gasteiger partial charge in [-0.1, -0.05) is 12.1 Å². The van der Waals surface area contributed by atoms with Gasteiger partial charge >= 0.3 is 5.97 Å². The van der Waals surface area contributed by atoms with Crippen LogP contribution in [0, 0.1) is 0 Å². The summed E-state index contributed by atoms with van der Waals surface area (Å²) in [6.07, 6.45) is 7.20. The number of carbonyl (C=O) groups is 2. The molecule has 1 aliphatic heterocycles. The number of hydrogen-bond donors (Lipinski definition) is 2. The second kappa shape index (κ2) is 9.43. The molecule has 3 aromatic rings. The van der Waals surface area contributed by atoms with Gasteiger partial charge in [-0.15, -0.1) is 0 Å². The predicted octanol–water partition coefficient (Wildman–Crippen LogP) is 2.78. The first-order chi connectivity index (χ1) is 15.6. The van der Waals surface area contributed by atoms with Crippen LogP contribution in [0.4, 0.5) is 5.69 Å². The van der Waals surface area contributed by atoms with Crippen LogP contribution in [0.3, 0.4) is 0 Å². The number of nitrogens with zero attached hydrogens (tertiary/aromatic N) is 2. The molecule has 9 heteroatoms. The summed E-state index contributed by atoms with van der Waals surface area (Å²) in [7, 11) is 0. The van der Waals surface area contributed by atoms with Gasteiger partial charge in [0.05, 0.1) is 6.21 Å². The number of rotatable bonds is 6. The zero-order valence-electron chi connectivity index (χ0n) is 16.7. The number of ether oxygens (including phenoxy) is 3. The van der Waals surface area contributed by atoms with Gasteiger partial charge < -0.3 is 19.9 Å². The summed E-state index contributed by atoms with van der Waals surface area (Å²) < 4.78 is 16.0. The van der Waals surface area contributed by atoms with E-state index in [1.807, 2.05) is 0 Å². The van der Waals surface area contributed by atoms with Crippen LogP contribution in [0.1, 0.15) is 21.5 Å². The van der Waals surface area contributed by atoms with E-state index in [1.54, 1.807) is 48.5 Å². The van der Waals surface area contributed by atoms with Crippen molar-refractivity contribution in [2.45, 2.75) is 0 Å². The van der Waals surface area contributed by atoms with Gasteiger partial charge in [0.2, 0.25) is 6.79 Å². The molecule has 0 atom stereocenters. The molecule has 0 radical (unpaired) electrons. The Balaban J connectivity index is 1.41. The van der Waals surface area contributed by atoms with Crippen molar-refractivity contribution in [1.29, 1.82) is 0 Å². The molecule has 0 spiro atoms. The lowest BCUT2D eigenvalue weighted by Gasteiger charge is -2.06. The summed E-state index contributed by atoms with van der Waals surface area (Å²) in [5.41, 5.74) is 10.4. The number of fused-ring (bicyclic) bond motifs is 1. The Labute approximate surface area is 183 Å². The largest absolute Gasteiger partial charge is 0.454 e. The Hall–Kier alpha value is -4.66. The number of anilines is 1. The highest BCUT2D eigenvalue weighted by Crippen LogP contribution is 2.36. The van der Waals surface area contributed by atoms with E-state index in [0.29, 0.717) is 33.9 Å². The van der Waals surface area contributed by atoms with Crippen molar-refractivity contribution in [3.05, 3.63) is 83.7 Å². The molecule has 2 aromatic carbocycles. The highest BCUT2D eigenvalue weighted by molar-refractivity contribution is 5.95. The average Bonchev–Trinajstić information content (AvgIpc) is 3.26. The van der Waals surface area contributed by atoms with Crippen molar-refractivity contribution in [2.24, 2.45) is 5.10 Å². The minimum atomic E-state index is -0.608. The Morgan fingerprint density at radius 1 is 1.06 bits per heavy atom. The quantitative estimate of drug-likeness (QED) is 0.154. The van der Waals surface area contributed by atoms with Crippen molar-refractivity contribution in [1.82, 2.24) is 10.4 Å². The van der Waals surface area contributed by atoms with Gasteiger partial charge in [0.15, 0.2) is 11.5 Å². The van der Waals surface area contributed by atoms with Crippen molar-refractivity contribution in [2.75, 3.05) is 12.5 Å². The highest BCUT2D eigenvalue weighted by atomic mass is 16.7. The van der Waals surface area contributed by atoms with Crippen LogP contribution in [0.15, 0.2) is 72.1 Å². The monoisotopic (exact) mass is 430 g/mol. The molecule has 0 fully saturated rings. The third-order valence-electron chi connectivity index (χ3n) is 4.42. The number of aromatic nitrogens is 1. The second-order valence-electron chi connectivity index (χ2n) is 6.56. The third-order valence-corrected chi connectivity index (χ3v) is 4.42. The van der Waals surface area contributed by atoms with E-state index in [2.05, 4.69) is 15.5 Å². The molecule has 0 unspecified atom stereocenters. The van der Waals surface area contributed by atoms with Crippen LogP contribution in [0.2, 0.25) is 0 Å². The third kappa shape index (κ3) is 4.90. The molecular formula is C23H18N4O5. The molecular weight excluding hydrogens is 412 g/mol. The first-order valence-corrected chi connectivity index (χ1v) is 9.51. The number of carbonyl (C=O) groups excluding carboxylic acids is 2. The van der Waals surface area contributed by atoms with E-state index in [9.17, 15) is 9.59 Å². The van der Waals surface area contributed by atoms with Crippen LogP contribution >= 0.6 is 0 Å². The molecule has 160 valence electrons. The minimum Gasteiger partial charge on any atom is -0.454 e. The number of esters is 1. The Morgan fingerprint density at radius 3 is 2.62 bits per heavy atom. The zero-order valence-corrected chi connectivity index (χ0v) is 16.7. The first-order valence-electron chi connectivity index (χ1n) is 9.51. The number of nitrogens with one attached hydrogen (secondary N) is 1. The van der Waals surface area contributed by atoms with Crippen molar-refractivity contribution in [3.8, 4) is 17.2 Å². The number of hydrazone groups is 1. The molecule has 2 heterocycles. The topological polar surface area (TPSA) is 125 Å². The fourth-order valence-corrected chi connectivity index (χ4v) is 2.83. The lowest BCUT2D eigenvalue weighted by Crippen LogP contribution is -2.17. The Kier molecular flexibility index (Phi) is 6.08. The van der Waals surface area contributed by atoms with E-state index in [4.69, 9.17) is 19.9 Å². The van der Waals surface area contributed by atoms with Gasteiger partial charge in [0.1, 0.15) is 5.75 Å². The number of hydrogen-bond acceptors (Lipinski definition) is 8. The number of para-hydroxylation sites is 1. The molecule has 0 saturated carbocycles. The maximum Gasteiger partial charge on any atom is 0.336 e. The lowest BCUT2D eigenvalue weighted by atomic mass is 10.1. The lowest BCUT2D eigenvalue weighted by molar-refractivity contribution is -0.128. The van der Waals surface area contributed by atoms with E-state index in [-0.39, 0.29) is 18.4 Å². The Bertz CT molecular complexity index is 1210. The van der Waals surface area contributed by atoms with E-state index in [1.165, 1.54) is 30.8 Å². The summed E-state index contributed by atoms with van der Waals surface area (Å²) in [6.45, 7) is 0.130. The van der Waals surface area contributed by atoms with Crippen LogP contribution in [-0.2, 0) is 4.79 Å². The number of nitrogen functional groups attached to an aromatic ring is 1. The molecule has 3 N–H and O–H groups in total. The smallest absolute Gasteiger partial charge is 0.336 e. The van der Waals surface area contributed by atoms with Crippen molar-refractivity contribution < 1.29 is 23.8 Å². The van der Waals surface area contributed by atoms with E-state index in [0.717, 1.165) is 0 Å². The SMILES string of the molecule is Nc1cc2c(cc1C=CC(=O)Oc1ccccc1C=NNC(=O)c1ccncc1)OCO2. The molecule has 0 aliphatic carbocycles. The normalized spacial score (nSPS) is 12.2. The number of amides is 1. The van der Waals surface area contributed by atoms with Crippen molar-refractivity contribution >= 4 is 29.9 Å². The van der Waals surface area contributed by atoms with Gasteiger partial charge in [0, 0.05) is 46.9 Å². The molecule has 0 bridgehead atoms. The van der Waals surface area contributed by atoms with Crippen molar-refractivity contribution in [3.63, 3.8) is 0 Å². The average molecular weight is 430 g/mol. The summed E-state index contributed by atoms with van der Waals surface area (Å²) in [4.78, 5) is 28.2. The molecule has 4 rings (SSSR count). The fraction of sp³-hybridized carbons (Fsp3) is 0.0435. The molecule has 1 aromatic heterocycles. The molecule has 32 heavy (non-hydrogen) atoms. The van der Waals surface area contributed by atoms with Gasteiger partial charge in [0.25, 0.3) is 5.91 Å². The standard InChI is InChI=1S/C23H18N4O5/c24-18-12-21-20(30-14-31-21)11-16(18)5-6-22(28)32-19-4-2-1-3-17(19)13-26-27-23(29)15-7-9-25-10-8-15/h1-13H,14,24H2,(H,27,29). The second-order valence-corrected chi connectivity index (χ2v) is 6.56. The fourth-order valence-electron chi connectivity index (χ4n) is 2.83. The highest BCUT2D eigenvalue weighted by Gasteiger charge is 2.15. The molecule has 1 amide bonds. The van der Waals surface area contributed by atoms with Crippen LogP contribution < -0.4 is 25.4 Å². The number of benzene rings is 2.